The highest BCUT2D eigenvalue weighted by atomic mass is 19.4. The fourth-order valence-corrected chi connectivity index (χ4v) is 2.81. The molecule has 2 amide bonds. The van der Waals surface area contributed by atoms with Crippen LogP contribution in [-0.2, 0) is 10.9 Å². The van der Waals surface area contributed by atoms with Gasteiger partial charge in [0.2, 0.25) is 0 Å². The molecule has 0 spiro atoms. The Labute approximate surface area is 145 Å². The van der Waals surface area contributed by atoms with Crippen molar-refractivity contribution in [3.05, 3.63) is 23.8 Å². The minimum Gasteiger partial charge on any atom is -0.378 e. The quantitative estimate of drug-likeness (QED) is 0.889. The van der Waals surface area contributed by atoms with Crippen LogP contribution in [0.4, 0.5) is 29.3 Å². The lowest BCUT2D eigenvalue weighted by Gasteiger charge is -2.32. The zero-order valence-corrected chi connectivity index (χ0v) is 14.7. The number of anilines is 2. The molecule has 1 N–H and O–H groups in total. The number of nitrogens with zero attached hydrogens (tertiary/aromatic N) is 2. The van der Waals surface area contributed by atoms with Crippen LogP contribution in [0.25, 0.3) is 0 Å². The Bertz CT molecular complexity index is 597. The molecule has 1 heterocycles. The molecule has 25 heavy (non-hydrogen) atoms. The molecule has 0 saturated carbocycles. The summed E-state index contributed by atoms with van der Waals surface area (Å²) >= 11 is 0. The van der Waals surface area contributed by atoms with E-state index in [1.807, 2.05) is 6.92 Å². The third kappa shape index (κ3) is 5.01. The number of nitrogens with one attached hydrogen (secondary N) is 1. The van der Waals surface area contributed by atoms with Crippen molar-refractivity contribution < 1.29 is 22.7 Å². The molecule has 140 valence electrons. The van der Waals surface area contributed by atoms with Gasteiger partial charge in [-0.2, -0.15) is 13.2 Å². The fraction of sp³-hybridized carbons (Fsp3) is 0.588. The Morgan fingerprint density at radius 3 is 2.48 bits per heavy atom. The van der Waals surface area contributed by atoms with E-state index in [4.69, 9.17) is 4.74 Å². The van der Waals surface area contributed by atoms with Crippen LogP contribution in [0.1, 0.15) is 25.3 Å². The summed E-state index contributed by atoms with van der Waals surface area (Å²) in [6.07, 6.45) is -3.06. The second kappa shape index (κ2) is 7.95. The van der Waals surface area contributed by atoms with E-state index >= 15 is 0 Å². The van der Waals surface area contributed by atoms with Crippen molar-refractivity contribution in [1.82, 2.24) is 4.90 Å². The van der Waals surface area contributed by atoms with E-state index in [-0.39, 0.29) is 11.8 Å². The highest BCUT2D eigenvalue weighted by Gasteiger charge is 2.35. The number of alkyl halides is 3. The van der Waals surface area contributed by atoms with E-state index in [9.17, 15) is 18.0 Å². The first-order valence-corrected chi connectivity index (χ1v) is 8.28. The Kier molecular flexibility index (Phi) is 6.16. The number of amides is 2. The summed E-state index contributed by atoms with van der Waals surface area (Å²) < 4.78 is 45.5. The number of ether oxygens (including phenoxy) is 1. The molecular weight excluding hydrogens is 335 g/mol. The average Bonchev–Trinajstić information content (AvgIpc) is 2.55. The predicted molar refractivity (Wildman–Crippen MR) is 91.0 cm³/mol. The van der Waals surface area contributed by atoms with Gasteiger partial charge >= 0.3 is 12.2 Å². The zero-order chi connectivity index (χ0) is 18.6. The Morgan fingerprint density at radius 2 is 1.96 bits per heavy atom. The fourth-order valence-electron chi connectivity index (χ4n) is 2.81. The van der Waals surface area contributed by atoms with E-state index in [2.05, 4.69) is 5.32 Å². The molecule has 1 aromatic rings. The predicted octanol–water partition coefficient (Wildman–Crippen LogP) is 3.80. The first-order chi connectivity index (χ1) is 11.7. The molecule has 1 saturated heterocycles. The molecule has 0 aliphatic carbocycles. The van der Waals surface area contributed by atoms with Crippen molar-refractivity contribution in [3.8, 4) is 0 Å². The summed E-state index contributed by atoms with van der Waals surface area (Å²) in [6, 6.07) is 3.37. The summed E-state index contributed by atoms with van der Waals surface area (Å²) in [5.74, 6) is 0. The molecule has 1 fully saturated rings. The maximum Gasteiger partial charge on any atom is 0.418 e. The van der Waals surface area contributed by atoms with E-state index < -0.39 is 17.8 Å². The van der Waals surface area contributed by atoms with Crippen LogP contribution in [0.15, 0.2) is 18.2 Å². The molecule has 1 aliphatic rings. The molecule has 5 nitrogen and oxygen atoms in total. The van der Waals surface area contributed by atoms with Crippen molar-refractivity contribution in [2.45, 2.75) is 32.0 Å². The molecule has 1 aliphatic heterocycles. The highest BCUT2D eigenvalue weighted by molar-refractivity contribution is 5.90. The number of likely N-dealkylation sites (tertiary alicyclic amines) is 1. The van der Waals surface area contributed by atoms with Gasteiger partial charge in [0.25, 0.3) is 0 Å². The standard InChI is InChI=1S/C17H24F3N3O2/c1-4-25-13-7-9-23(10-8-13)16(24)21-15-6-5-12(22(2)3)11-14(15)17(18,19)20/h5-6,11,13H,4,7-10H2,1-3H3,(H,21,24). The number of rotatable bonds is 4. The Morgan fingerprint density at radius 1 is 1.32 bits per heavy atom. The topological polar surface area (TPSA) is 44.8 Å². The van der Waals surface area contributed by atoms with Crippen molar-refractivity contribution in [3.63, 3.8) is 0 Å². The van der Waals surface area contributed by atoms with Crippen molar-refractivity contribution in [2.24, 2.45) is 0 Å². The van der Waals surface area contributed by atoms with Gasteiger partial charge in [-0.25, -0.2) is 4.79 Å². The maximum absolute atomic E-state index is 13.3. The normalized spacial score (nSPS) is 16.0. The van der Waals surface area contributed by atoms with Gasteiger partial charge < -0.3 is 19.9 Å². The second-order valence-electron chi connectivity index (χ2n) is 6.19. The number of hydrogen-bond donors (Lipinski definition) is 1. The van der Waals surface area contributed by atoms with Gasteiger partial charge in [-0.3, -0.25) is 0 Å². The minimum atomic E-state index is -4.55. The minimum absolute atomic E-state index is 0.110. The monoisotopic (exact) mass is 359 g/mol. The summed E-state index contributed by atoms with van der Waals surface area (Å²) in [6.45, 7) is 3.46. The van der Waals surface area contributed by atoms with Gasteiger partial charge in [0.15, 0.2) is 0 Å². The van der Waals surface area contributed by atoms with Crippen LogP contribution in [0.2, 0.25) is 0 Å². The van der Waals surface area contributed by atoms with Crippen LogP contribution < -0.4 is 10.2 Å². The lowest BCUT2D eigenvalue weighted by Crippen LogP contribution is -2.43. The number of carbonyl (C=O) groups excluding carboxylic acids is 1. The van der Waals surface area contributed by atoms with E-state index in [0.717, 1.165) is 6.07 Å². The van der Waals surface area contributed by atoms with E-state index in [0.29, 0.717) is 38.2 Å². The maximum atomic E-state index is 13.3. The first kappa shape index (κ1) is 19.4. The number of piperidine rings is 1. The average molecular weight is 359 g/mol. The number of halogens is 3. The molecule has 0 radical (unpaired) electrons. The molecule has 2 rings (SSSR count). The van der Waals surface area contributed by atoms with Crippen LogP contribution in [0, 0.1) is 0 Å². The molecule has 0 aromatic heterocycles. The van der Waals surface area contributed by atoms with Gasteiger partial charge in [0, 0.05) is 39.5 Å². The van der Waals surface area contributed by atoms with Crippen LogP contribution in [-0.4, -0.2) is 50.8 Å². The number of urea groups is 1. The van der Waals surface area contributed by atoms with Crippen molar-refractivity contribution >= 4 is 17.4 Å². The highest BCUT2D eigenvalue weighted by Crippen LogP contribution is 2.37. The van der Waals surface area contributed by atoms with E-state index in [1.54, 1.807) is 25.1 Å². The molecule has 0 unspecified atom stereocenters. The lowest BCUT2D eigenvalue weighted by molar-refractivity contribution is -0.136. The van der Waals surface area contributed by atoms with Crippen LogP contribution >= 0.6 is 0 Å². The molecule has 1 aromatic carbocycles. The van der Waals surface area contributed by atoms with Crippen molar-refractivity contribution in [1.29, 1.82) is 0 Å². The number of benzene rings is 1. The van der Waals surface area contributed by atoms with Gasteiger partial charge in [0.05, 0.1) is 17.4 Å². The smallest absolute Gasteiger partial charge is 0.378 e. The van der Waals surface area contributed by atoms with Gasteiger partial charge in [0.1, 0.15) is 0 Å². The first-order valence-electron chi connectivity index (χ1n) is 8.28. The zero-order valence-electron chi connectivity index (χ0n) is 14.7. The second-order valence-corrected chi connectivity index (χ2v) is 6.19. The third-order valence-corrected chi connectivity index (χ3v) is 4.20. The third-order valence-electron chi connectivity index (χ3n) is 4.20. The summed E-state index contributed by atoms with van der Waals surface area (Å²) in [5, 5.41) is 2.41. The molecule has 0 bridgehead atoms. The Balaban J connectivity index is 2.10. The summed E-state index contributed by atoms with van der Waals surface area (Å²) in [5.41, 5.74) is -0.658. The largest absolute Gasteiger partial charge is 0.418 e. The SMILES string of the molecule is CCOC1CCN(C(=O)Nc2ccc(N(C)C)cc2C(F)(F)F)CC1. The molecular formula is C17H24F3N3O2. The van der Waals surface area contributed by atoms with Crippen LogP contribution in [0.3, 0.4) is 0 Å². The molecule has 8 heteroatoms. The van der Waals surface area contributed by atoms with Gasteiger partial charge in [-0.15, -0.1) is 0 Å². The van der Waals surface area contributed by atoms with Crippen LogP contribution in [0.5, 0.6) is 0 Å². The van der Waals surface area contributed by atoms with E-state index in [1.165, 1.54) is 11.0 Å². The Hall–Kier alpha value is -1.96. The molecule has 0 atom stereocenters. The lowest BCUT2D eigenvalue weighted by atomic mass is 10.1. The summed E-state index contributed by atoms with van der Waals surface area (Å²) in [4.78, 5) is 15.4. The summed E-state index contributed by atoms with van der Waals surface area (Å²) in [7, 11) is 3.33. The van der Waals surface area contributed by atoms with Crippen molar-refractivity contribution in [2.75, 3.05) is 44.0 Å². The number of carbonyl (C=O) groups is 1. The number of hydrogen-bond acceptors (Lipinski definition) is 3. The van der Waals surface area contributed by atoms with Gasteiger partial charge in [-0.05, 0) is 38.0 Å². The van der Waals surface area contributed by atoms with Gasteiger partial charge in [-0.1, -0.05) is 0 Å².